The lowest BCUT2D eigenvalue weighted by Gasteiger charge is -2.61. The normalized spacial score (nSPS) is 37.2. The van der Waals surface area contributed by atoms with Crippen molar-refractivity contribution >= 4 is 10.0 Å². The summed E-state index contributed by atoms with van der Waals surface area (Å²) in [6, 6.07) is 5.65. The molecule has 3 aliphatic rings. The van der Waals surface area contributed by atoms with Crippen LogP contribution in [0.3, 0.4) is 0 Å². The van der Waals surface area contributed by atoms with Gasteiger partial charge in [-0.1, -0.05) is 52.5 Å². The quantitative estimate of drug-likeness (QED) is 0.539. The summed E-state index contributed by atoms with van der Waals surface area (Å²) >= 11 is 0. The largest absolute Gasteiger partial charge is 0.393 e. The zero-order valence-corrected chi connectivity index (χ0v) is 20.4. The van der Waals surface area contributed by atoms with Crippen LogP contribution in [0.4, 0.5) is 0 Å². The van der Waals surface area contributed by atoms with Gasteiger partial charge < -0.3 is 5.11 Å². The van der Waals surface area contributed by atoms with E-state index < -0.39 is 10.0 Å². The van der Waals surface area contributed by atoms with Gasteiger partial charge in [0.25, 0.3) is 0 Å². The van der Waals surface area contributed by atoms with E-state index in [0.29, 0.717) is 17.8 Å². The fourth-order valence-corrected chi connectivity index (χ4v) is 8.66. The van der Waals surface area contributed by atoms with Crippen molar-refractivity contribution in [3.63, 3.8) is 0 Å². The Morgan fingerprint density at radius 2 is 1.94 bits per heavy atom. The third-order valence-electron chi connectivity index (χ3n) is 9.50. The molecular formula is C26H41NO3S. The van der Waals surface area contributed by atoms with Crippen molar-refractivity contribution in [2.45, 2.75) is 108 Å². The summed E-state index contributed by atoms with van der Waals surface area (Å²) in [6.07, 6.45) is 12.3. The van der Waals surface area contributed by atoms with Crippen LogP contribution in [0.25, 0.3) is 0 Å². The van der Waals surface area contributed by atoms with Crippen molar-refractivity contribution in [2.75, 3.05) is 0 Å². The van der Waals surface area contributed by atoms with Gasteiger partial charge in [-0.25, -0.2) is 13.6 Å². The van der Waals surface area contributed by atoms with E-state index >= 15 is 0 Å². The fraction of sp³-hybridized carbons (Fsp3) is 0.769. The van der Waals surface area contributed by atoms with Crippen LogP contribution in [0.5, 0.6) is 0 Å². The maximum Gasteiger partial charge on any atom is 0.238 e. The minimum absolute atomic E-state index is 0.0139. The number of fused-ring (bicyclic) bond motifs is 5. The number of nitrogens with two attached hydrogens (primary N) is 1. The molecule has 0 aliphatic heterocycles. The van der Waals surface area contributed by atoms with Crippen molar-refractivity contribution < 1.29 is 13.5 Å². The molecule has 0 amide bonds. The van der Waals surface area contributed by atoms with Gasteiger partial charge in [0, 0.05) is 0 Å². The van der Waals surface area contributed by atoms with Gasteiger partial charge in [-0.05, 0) is 96.8 Å². The lowest BCUT2D eigenvalue weighted by molar-refractivity contribution is -0.105. The predicted molar refractivity (Wildman–Crippen MR) is 125 cm³/mol. The molecule has 0 heterocycles. The van der Waals surface area contributed by atoms with Gasteiger partial charge in [0.05, 0.1) is 11.0 Å². The Morgan fingerprint density at radius 3 is 2.61 bits per heavy atom. The van der Waals surface area contributed by atoms with Gasteiger partial charge in [0.15, 0.2) is 0 Å². The summed E-state index contributed by atoms with van der Waals surface area (Å²) in [7, 11) is -3.68. The maximum atomic E-state index is 12.0. The number of sulfonamides is 1. The number of unbranched alkanes of at least 4 members (excludes halogenated alkanes) is 3. The van der Waals surface area contributed by atoms with E-state index in [4.69, 9.17) is 5.14 Å². The highest BCUT2D eigenvalue weighted by atomic mass is 32.2. The second kappa shape index (κ2) is 8.46. The van der Waals surface area contributed by atoms with Gasteiger partial charge in [-0.3, -0.25) is 0 Å². The number of aliphatic hydroxyl groups excluding tert-OH is 1. The average Bonchev–Trinajstić information content (AvgIpc) is 3.04. The predicted octanol–water partition coefficient (Wildman–Crippen LogP) is 5.53. The molecular weight excluding hydrogens is 406 g/mol. The van der Waals surface area contributed by atoms with E-state index in [1.165, 1.54) is 43.2 Å². The molecule has 1 aromatic carbocycles. The summed E-state index contributed by atoms with van der Waals surface area (Å²) in [5.41, 5.74) is 2.77. The number of aliphatic hydroxyl groups is 1. The van der Waals surface area contributed by atoms with Crippen LogP contribution >= 0.6 is 0 Å². The monoisotopic (exact) mass is 447 g/mol. The molecule has 0 aromatic heterocycles. The minimum Gasteiger partial charge on any atom is -0.393 e. The van der Waals surface area contributed by atoms with E-state index in [0.717, 1.165) is 38.5 Å². The Hall–Kier alpha value is -0.910. The summed E-state index contributed by atoms with van der Waals surface area (Å²) < 4.78 is 23.9. The van der Waals surface area contributed by atoms with Crippen LogP contribution in [-0.2, 0) is 16.4 Å². The third kappa shape index (κ3) is 3.79. The molecule has 2 unspecified atom stereocenters. The van der Waals surface area contributed by atoms with Crippen molar-refractivity contribution in [1.29, 1.82) is 0 Å². The first-order chi connectivity index (χ1) is 14.7. The number of benzene rings is 1. The molecule has 1 aromatic rings. The number of hydrogen-bond donors (Lipinski definition) is 2. The standard InChI is InChI=1S/C26H41NO3S/c1-4-6-7-8-9-19-17-25(3)22(12-13-23(25)28)26(5-2)15-14-18-16-20(31(27,29)30)10-11-21(18)24(19)26/h10-11,16,19,22-24,28H,4-9,12-15,17H2,1-3H3,(H2,27,29,30)/t19-,22?,23-,24?,25-,26-/m0/s1. The molecule has 2 saturated carbocycles. The second-order valence-corrected chi connectivity index (χ2v) is 12.5. The molecule has 0 spiro atoms. The van der Waals surface area contributed by atoms with Gasteiger partial charge >= 0.3 is 0 Å². The summed E-state index contributed by atoms with van der Waals surface area (Å²) in [5.74, 6) is 1.55. The Bertz CT molecular complexity index is 913. The molecule has 6 atom stereocenters. The third-order valence-corrected chi connectivity index (χ3v) is 10.4. The van der Waals surface area contributed by atoms with Crippen LogP contribution in [0.1, 0.15) is 102 Å². The molecule has 2 fully saturated rings. The summed E-state index contributed by atoms with van der Waals surface area (Å²) in [6.45, 7) is 6.96. The smallest absolute Gasteiger partial charge is 0.238 e. The SMILES string of the molecule is CCCCCC[C@H]1C[C@@]2(C)C(CC[C@@H]2O)[C@]2(CC)CCc3cc(S(N)(=O)=O)ccc3C12. The molecule has 3 aliphatic carbocycles. The number of aryl methyl sites for hydroxylation is 1. The van der Waals surface area contributed by atoms with Crippen molar-refractivity contribution in [1.82, 2.24) is 0 Å². The molecule has 0 bridgehead atoms. The fourth-order valence-electron chi connectivity index (χ4n) is 8.09. The second-order valence-electron chi connectivity index (χ2n) is 10.9. The minimum atomic E-state index is -3.68. The van der Waals surface area contributed by atoms with Crippen molar-refractivity contribution in [3.8, 4) is 0 Å². The number of rotatable bonds is 7. The van der Waals surface area contributed by atoms with Crippen LogP contribution < -0.4 is 5.14 Å². The Morgan fingerprint density at radius 1 is 1.16 bits per heavy atom. The maximum absolute atomic E-state index is 12.0. The lowest BCUT2D eigenvalue weighted by Crippen LogP contribution is -2.54. The number of primary sulfonamides is 1. The van der Waals surface area contributed by atoms with Crippen LogP contribution in [0.15, 0.2) is 23.1 Å². The first kappa shape index (κ1) is 23.3. The van der Waals surface area contributed by atoms with Gasteiger partial charge in [-0.2, -0.15) is 0 Å². The van der Waals surface area contributed by atoms with Crippen molar-refractivity contribution in [3.05, 3.63) is 29.3 Å². The number of hydrogen-bond acceptors (Lipinski definition) is 3. The molecule has 174 valence electrons. The molecule has 31 heavy (non-hydrogen) atoms. The first-order valence-electron chi connectivity index (χ1n) is 12.5. The first-order valence-corrected chi connectivity index (χ1v) is 14.1. The zero-order valence-electron chi connectivity index (χ0n) is 19.6. The van der Waals surface area contributed by atoms with Crippen molar-refractivity contribution in [2.24, 2.45) is 27.8 Å². The van der Waals surface area contributed by atoms with Gasteiger partial charge in [0.1, 0.15) is 0 Å². The van der Waals surface area contributed by atoms with E-state index in [1.54, 1.807) is 6.07 Å². The molecule has 0 radical (unpaired) electrons. The molecule has 3 N–H and O–H groups in total. The van der Waals surface area contributed by atoms with Gasteiger partial charge in [-0.15, -0.1) is 0 Å². The zero-order chi connectivity index (χ0) is 22.4. The van der Waals surface area contributed by atoms with Crippen LogP contribution in [0.2, 0.25) is 0 Å². The van der Waals surface area contributed by atoms with Gasteiger partial charge in [0.2, 0.25) is 10.0 Å². The molecule has 4 nitrogen and oxygen atoms in total. The highest BCUT2D eigenvalue weighted by molar-refractivity contribution is 7.89. The van der Waals surface area contributed by atoms with E-state index in [-0.39, 0.29) is 21.8 Å². The summed E-state index contributed by atoms with van der Waals surface area (Å²) in [5, 5.41) is 16.5. The van der Waals surface area contributed by atoms with E-state index in [1.807, 2.05) is 6.07 Å². The molecule has 5 heteroatoms. The van der Waals surface area contributed by atoms with E-state index in [9.17, 15) is 13.5 Å². The lowest BCUT2D eigenvalue weighted by atomic mass is 9.43. The highest BCUT2D eigenvalue weighted by Crippen LogP contribution is 2.70. The molecule has 0 saturated heterocycles. The Labute approximate surface area is 189 Å². The Balaban J connectivity index is 1.78. The topological polar surface area (TPSA) is 80.4 Å². The highest BCUT2D eigenvalue weighted by Gasteiger charge is 2.63. The Kier molecular flexibility index (Phi) is 6.35. The molecule has 4 rings (SSSR count). The summed E-state index contributed by atoms with van der Waals surface area (Å²) in [4.78, 5) is 0.242. The average molecular weight is 448 g/mol. The van der Waals surface area contributed by atoms with Crippen LogP contribution in [-0.4, -0.2) is 19.6 Å². The van der Waals surface area contributed by atoms with Crippen LogP contribution in [0, 0.1) is 22.7 Å². The van der Waals surface area contributed by atoms with E-state index in [2.05, 4.69) is 26.8 Å².